The van der Waals surface area contributed by atoms with Gasteiger partial charge in [0.15, 0.2) is 0 Å². The molecule has 3 rings (SSSR count). The van der Waals surface area contributed by atoms with Gasteiger partial charge in [0.1, 0.15) is 0 Å². The molecule has 0 radical (unpaired) electrons. The first-order chi connectivity index (χ1) is 9.68. The highest BCUT2D eigenvalue weighted by atomic mass is 16.2. The fraction of sp³-hybridized carbons (Fsp3) is 0.588. The Hall–Kier alpha value is -1.35. The SMILES string of the molecule is CN1C(=O)CCc2c1cccc2C1(CN)CCCCC1. The Balaban J connectivity index is 2.08. The summed E-state index contributed by atoms with van der Waals surface area (Å²) in [5.41, 5.74) is 10.2. The highest BCUT2D eigenvalue weighted by Gasteiger charge is 2.36. The Kier molecular flexibility index (Phi) is 3.55. The van der Waals surface area contributed by atoms with E-state index in [1.165, 1.54) is 43.2 Å². The van der Waals surface area contributed by atoms with Crippen LogP contribution in [0.2, 0.25) is 0 Å². The van der Waals surface area contributed by atoms with Crippen molar-refractivity contribution in [3.8, 4) is 0 Å². The lowest BCUT2D eigenvalue weighted by molar-refractivity contribution is -0.118. The molecule has 0 spiro atoms. The van der Waals surface area contributed by atoms with Crippen LogP contribution >= 0.6 is 0 Å². The normalized spacial score (nSPS) is 21.7. The molecule has 1 aromatic rings. The number of hydrogen-bond acceptors (Lipinski definition) is 2. The first kappa shape index (κ1) is 13.6. The molecule has 0 saturated heterocycles. The van der Waals surface area contributed by atoms with Crippen LogP contribution in [-0.4, -0.2) is 19.5 Å². The second-order valence-electron chi connectivity index (χ2n) is 6.30. The topological polar surface area (TPSA) is 46.3 Å². The fourth-order valence-corrected chi connectivity index (χ4v) is 3.99. The molecule has 108 valence electrons. The lowest BCUT2D eigenvalue weighted by atomic mass is 9.67. The van der Waals surface area contributed by atoms with Crippen molar-refractivity contribution >= 4 is 11.6 Å². The van der Waals surface area contributed by atoms with E-state index in [1.54, 1.807) is 0 Å². The number of carbonyl (C=O) groups excluding carboxylic acids is 1. The summed E-state index contributed by atoms with van der Waals surface area (Å²) in [5.74, 6) is 0.222. The molecule has 1 fully saturated rings. The average Bonchev–Trinajstić information content (AvgIpc) is 2.51. The van der Waals surface area contributed by atoms with Gasteiger partial charge < -0.3 is 10.6 Å². The molecule has 20 heavy (non-hydrogen) atoms. The molecule has 0 unspecified atom stereocenters. The maximum atomic E-state index is 11.9. The molecule has 1 aromatic carbocycles. The zero-order chi connectivity index (χ0) is 14.2. The third-order valence-electron chi connectivity index (χ3n) is 5.25. The molecule has 3 heteroatoms. The molecule has 1 aliphatic carbocycles. The van der Waals surface area contributed by atoms with Crippen molar-refractivity contribution in [2.45, 2.75) is 50.4 Å². The number of amides is 1. The van der Waals surface area contributed by atoms with Crippen molar-refractivity contribution < 1.29 is 4.79 Å². The molecule has 2 aliphatic rings. The molecular formula is C17H24N2O. The van der Waals surface area contributed by atoms with Gasteiger partial charge in [-0.1, -0.05) is 31.4 Å². The first-order valence-corrected chi connectivity index (χ1v) is 7.77. The van der Waals surface area contributed by atoms with Gasteiger partial charge >= 0.3 is 0 Å². The Morgan fingerprint density at radius 2 is 1.95 bits per heavy atom. The summed E-state index contributed by atoms with van der Waals surface area (Å²) in [6.07, 6.45) is 7.76. The number of anilines is 1. The Labute approximate surface area is 121 Å². The summed E-state index contributed by atoms with van der Waals surface area (Å²) >= 11 is 0. The smallest absolute Gasteiger partial charge is 0.227 e. The molecule has 3 nitrogen and oxygen atoms in total. The third kappa shape index (κ3) is 2.05. The molecule has 1 aliphatic heterocycles. The van der Waals surface area contributed by atoms with Crippen LogP contribution in [0.3, 0.4) is 0 Å². The molecule has 1 saturated carbocycles. The number of benzene rings is 1. The summed E-state index contributed by atoms with van der Waals surface area (Å²) in [6, 6.07) is 6.42. The van der Waals surface area contributed by atoms with Gasteiger partial charge in [0.25, 0.3) is 0 Å². The quantitative estimate of drug-likeness (QED) is 0.900. The molecule has 0 bridgehead atoms. The first-order valence-electron chi connectivity index (χ1n) is 7.77. The summed E-state index contributed by atoms with van der Waals surface area (Å²) in [4.78, 5) is 13.7. The van der Waals surface area contributed by atoms with Gasteiger partial charge in [-0.25, -0.2) is 0 Å². The van der Waals surface area contributed by atoms with Gasteiger partial charge in [-0.05, 0) is 36.5 Å². The summed E-state index contributed by atoms with van der Waals surface area (Å²) in [7, 11) is 1.89. The van der Waals surface area contributed by atoms with Gasteiger partial charge in [0.05, 0.1) is 0 Å². The van der Waals surface area contributed by atoms with E-state index in [0.29, 0.717) is 6.42 Å². The van der Waals surface area contributed by atoms with Crippen LogP contribution in [0.1, 0.15) is 49.7 Å². The van der Waals surface area contributed by atoms with E-state index < -0.39 is 0 Å². The lowest BCUT2D eigenvalue weighted by Crippen LogP contribution is -2.40. The number of nitrogens with two attached hydrogens (primary N) is 1. The van der Waals surface area contributed by atoms with Crippen LogP contribution in [0, 0.1) is 0 Å². The third-order valence-corrected chi connectivity index (χ3v) is 5.25. The lowest BCUT2D eigenvalue weighted by Gasteiger charge is -2.40. The van der Waals surface area contributed by atoms with Crippen molar-refractivity contribution in [2.75, 3.05) is 18.5 Å². The van der Waals surface area contributed by atoms with E-state index in [4.69, 9.17) is 5.73 Å². The number of fused-ring (bicyclic) bond motifs is 1. The molecule has 0 atom stereocenters. The van der Waals surface area contributed by atoms with E-state index in [2.05, 4.69) is 18.2 Å². The van der Waals surface area contributed by atoms with E-state index in [9.17, 15) is 4.79 Å². The number of nitrogens with zero attached hydrogens (tertiary/aromatic N) is 1. The van der Waals surface area contributed by atoms with E-state index >= 15 is 0 Å². The van der Waals surface area contributed by atoms with Crippen LogP contribution in [0.4, 0.5) is 5.69 Å². The summed E-state index contributed by atoms with van der Waals surface area (Å²) < 4.78 is 0. The molecule has 1 heterocycles. The van der Waals surface area contributed by atoms with Gasteiger partial charge in [-0.2, -0.15) is 0 Å². The second-order valence-corrected chi connectivity index (χ2v) is 6.30. The van der Waals surface area contributed by atoms with Crippen LogP contribution in [0.25, 0.3) is 0 Å². The number of hydrogen-bond donors (Lipinski definition) is 1. The number of rotatable bonds is 2. The summed E-state index contributed by atoms with van der Waals surface area (Å²) in [5, 5.41) is 0. The molecule has 2 N–H and O–H groups in total. The average molecular weight is 272 g/mol. The minimum Gasteiger partial charge on any atom is -0.330 e. The predicted molar refractivity (Wildman–Crippen MR) is 82.0 cm³/mol. The molecular weight excluding hydrogens is 248 g/mol. The van der Waals surface area contributed by atoms with Gasteiger partial charge in [0, 0.05) is 31.1 Å². The second kappa shape index (κ2) is 5.21. The zero-order valence-electron chi connectivity index (χ0n) is 12.3. The van der Waals surface area contributed by atoms with Crippen molar-refractivity contribution in [3.05, 3.63) is 29.3 Å². The van der Waals surface area contributed by atoms with Gasteiger partial charge in [-0.15, -0.1) is 0 Å². The Morgan fingerprint density at radius 3 is 2.65 bits per heavy atom. The van der Waals surface area contributed by atoms with Gasteiger partial charge in [0.2, 0.25) is 5.91 Å². The van der Waals surface area contributed by atoms with E-state index in [-0.39, 0.29) is 11.3 Å². The maximum Gasteiger partial charge on any atom is 0.227 e. The van der Waals surface area contributed by atoms with Crippen molar-refractivity contribution in [1.29, 1.82) is 0 Å². The Morgan fingerprint density at radius 1 is 1.20 bits per heavy atom. The van der Waals surface area contributed by atoms with E-state index in [0.717, 1.165) is 18.7 Å². The monoisotopic (exact) mass is 272 g/mol. The minimum atomic E-state index is 0.144. The Bertz CT molecular complexity index is 518. The summed E-state index contributed by atoms with van der Waals surface area (Å²) in [6.45, 7) is 0.723. The van der Waals surface area contributed by atoms with E-state index in [1.807, 2.05) is 11.9 Å². The number of carbonyl (C=O) groups is 1. The van der Waals surface area contributed by atoms with Gasteiger partial charge in [-0.3, -0.25) is 4.79 Å². The highest BCUT2D eigenvalue weighted by molar-refractivity contribution is 5.96. The fourth-order valence-electron chi connectivity index (χ4n) is 3.99. The molecule has 1 amide bonds. The van der Waals surface area contributed by atoms with Crippen molar-refractivity contribution in [2.24, 2.45) is 5.73 Å². The standard InChI is InChI=1S/C17H24N2O/c1-19-15-7-5-6-14(13(15)8-9-16(19)20)17(12-18)10-3-2-4-11-17/h5-7H,2-4,8-12,18H2,1H3. The van der Waals surface area contributed by atoms with Crippen molar-refractivity contribution in [1.82, 2.24) is 0 Å². The largest absolute Gasteiger partial charge is 0.330 e. The van der Waals surface area contributed by atoms with Crippen LogP contribution in [0.15, 0.2) is 18.2 Å². The minimum absolute atomic E-state index is 0.144. The predicted octanol–water partition coefficient (Wildman–Crippen LogP) is 2.76. The van der Waals surface area contributed by atoms with Crippen LogP contribution < -0.4 is 10.6 Å². The van der Waals surface area contributed by atoms with Crippen LogP contribution in [0.5, 0.6) is 0 Å². The molecule has 0 aromatic heterocycles. The maximum absolute atomic E-state index is 11.9. The van der Waals surface area contributed by atoms with Crippen LogP contribution in [-0.2, 0) is 16.6 Å². The zero-order valence-corrected chi connectivity index (χ0v) is 12.3. The van der Waals surface area contributed by atoms with Crippen molar-refractivity contribution in [3.63, 3.8) is 0 Å². The highest BCUT2D eigenvalue weighted by Crippen LogP contribution is 2.43.